The smallest absolute Gasteiger partial charge is 0.407 e. The molecule has 0 radical (unpaired) electrons. The number of hydrogen-bond acceptors (Lipinski definition) is 3. The van der Waals surface area contributed by atoms with Crippen molar-refractivity contribution in [3.63, 3.8) is 0 Å². The molecule has 2 rings (SSSR count). The summed E-state index contributed by atoms with van der Waals surface area (Å²) < 4.78 is 7.61. The molecule has 1 unspecified atom stereocenters. The van der Waals surface area contributed by atoms with Gasteiger partial charge in [-0.1, -0.05) is 15.9 Å². The maximum absolute atomic E-state index is 11.8. The lowest BCUT2D eigenvalue weighted by Gasteiger charge is -2.21. The van der Waals surface area contributed by atoms with Crippen LogP contribution >= 0.6 is 27.3 Å². The largest absolute Gasteiger partial charge is 0.444 e. The van der Waals surface area contributed by atoms with Crippen molar-refractivity contribution in [1.29, 1.82) is 0 Å². The van der Waals surface area contributed by atoms with Gasteiger partial charge in [-0.25, -0.2) is 4.79 Å². The maximum Gasteiger partial charge on any atom is 0.407 e. The molecule has 1 N–H and O–H groups in total. The summed E-state index contributed by atoms with van der Waals surface area (Å²) in [4.78, 5) is 11.8. The van der Waals surface area contributed by atoms with Crippen molar-refractivity contribution in [3.05, 3.63) is 33.6 Å². The van der Waals surface area contributed by atoms with Crippen molar-refractivity contribution < 1.29 is 9.53 Å². The Labute approximate surface area is 137 Å². The lowest BCUT2D eigenvalue weighted by molar-refractivity contribution is 0.0508. The second-order valence-electron chi connectivity index (χ2n) is 6.15. The molecule has 114 valence electrons. The number of hydrogen-bond donors (Lipinski definition) is 1. The molecular formula is C16H20BrNO2S. The summed E-state index contributed by atoms with van der Waals surface area (Å²) in [5.41, 5.74) is 0.781. The van der Waals surface area contributed by atoms with Gasteiger partial charge in [0.05, 0.1) is 0 Å². The van der Waals surface area contributed by atoms with Gasteiger partial charge in [0.25, 0.3) is 0 Å². The predicted octanol–water partition coefficient (Wildman–Crippen LogP) is 5.12. The van der Waals surface area contributed by atoms with Crippen molar-refractivity contribution >= 4 is 43.4 Å². The van der Waals surface area contributed by atoms with E-state index < -0.39 is 5.60 Å². The molecule has 0 spiro atoms. The molecule has 0 aliphatic rings. The van der Waals surface area contributed by atoms with Crippen LogP contribution in [0.2, 0.25) is 0 Å². The van der Waals surface area contributed by atoms with Crippen LogP contribution < -0.4 is 5.32 Å². The quantitative estimate of drug-likeness (QED) is 0.815. The predicted molar refractivity (Wildman–Crippen MR) is 92.1 cm³/mol. The summed E-state index contributed by atoms with van der Waals surface area (Å²) in [6.45, 7) is 7.58. The molecule has 21 heavy (non-hydrogen) atoms. The van der Waals surface area contributed by atoms with E-state index in [1.165, 1.54) is 15.6 Å². The maximum atomic E-state index is 11.8. The number of nitrogens with one attached hydrogen (secondary N) is 1. The Morgan fingerprint density at radius 3 is 2.81 bits per heavy atom. The first kappa shape index (κ1) is 16.3. The number of fused-ring (bicyclic) bond motifs is 1. The Morgan fingerprint density at radius 1 is 1.43 bits per heavy atom. The van der Waals surface area contributed by atoms with E-state index in [2.05, 4.69) is 38.8 Å². The summed E-state index contributed by atoms with van der Waals surface area (Å²) >= 11 is 5.23. The van der Waals surface area contributed by atoms with Gasteiger partial charge in [-0.15, -0.1) is 11.3 Å². The van der Waals surface area contributed by atoms with Crippen LogP contribution in [0.5, 0.6) is 0 Å². The third-order valence-electron chi connectivity index (χ3n) is 2.90. The lowest BCUT2D eigenvalue weighted by Crippen LogP contribution is -2.38. The molecule has 2 aromatic rings. The fourth-order valence-electron chi connectivity index (χ4n) is 2.10. The van der Waals surface area contributed by atoms with Crippen molar-refractivity contribution in [1.82, 2.24) is 5.32 Å². The van der Waals surface area contributed by atoms with Crippen molar-refractivity contribution in [2.45, 2.75) is 45.8 Å². The first-order chi connectivity index (χ1) is 9.74. The normalized spacial score (nSPS) is 13.2. The highest BCUT2D eigenvalue weighted by atomic mass is 79.9. The topological polar surface area (TPSA) is 38.3 Å². The minimum Gasteiger partial charge on any atom is -0.444 e. The first-order valence-corrected chi connectivity index (χ1v) is 8.57. The molecule has 3 nitrogen and oxygen atoms in total. The minimum absolute atomic E-state index is 0.0247. The summed E-state index contributed by atoms with van der Waals surface area (Å²) in [7, 11) is 0. The average Bonchev–Trinajstić information content (AvgIpc) is 2.69. The molecule has 1 amide bonds. The Bertz CT molecular complexity index is 645. The van der Waals surface area contributed by atoms with Crippen LogP contribution in [0.3, 0.4) is 0 Å². The molecular weight excluding hydrogens is 350 g/mol. The zero-order valence-electron chi connectivity index (χ0n) is 12.7. The number of carbonyl (C=O) groups excluding carboxylic acids is 1. The number of rotatable bonds is 3. The monoisotopic (exact) mass is 369 g/mol. The first-order valence-electron chi connectivity index (χ1n) is 6.90. The SMILES string of the molecule is CC(Cc1csc2ccc(Br)cc12)NC(=O)OC(C)(C)C. The summed E-state index contributed by atoms with van der Waals surface area (Å²) in [5, 5.41) is 6.29. The highest BCUT2D eigenvalue weighted by molar-refractivity contribution is 9.10. The molecule has 5 heteroatoms. The van der Waals surface area contributed by atoms with Gasteiger partial charge < -0.3 is 10.1 Å². The summed E-state index contributed by atoms with van der Waals surface area (Å²) in [6, 6.07) is 6.31. The van der Waals surface area contributed by atoms with Crippen molar-refractivity contribution in [2.75, 3.05) is 0 Å². The Kier molecular flexibility index (Phi) is 4.94. The third-order valence-corrected chi connectivity index (χ3v) is 4.41. The van der Waals surface area contributed by atoms with Crippen LogP contribution in [0.25, 0.3) is 10.1 Å². The van der Waals surface area contributed by atoms with Crippen LogP contribution in [0.1, 0.15) is 33.3 Å². The van der Waals surface area contributed by atoms with Crippen molar-refractivity contribution in [3.8, 4) is 0 Å². The van der Waals surface area contributed by atoms with E-state index >= 15 is 0 Å². The fourth-order valence-corrected chi connectivity index (χ4v) is 3.42. The van der Waals surface area contributed by atoms with Crippen molar-refractivity contribution in [2.24, 2.45) is 0 Å². The summed E-state index contributed by atoms with van der Waals surface area (Å²) in [5.74, 6) is 0. The van der Waals surface area contributed by atoms with Crippen LogP contribution in [-0.4, -0.2) is 17.7 Å². The number of ether oxygens (including phenoxy) is 1. The zero-order chi connectivity index (χ0) is 15.6. The van der Waals surface area contributed by atoms with Gasteiger partial charge in [0, 0.05) is 15.2 Å². The van der Waals surface area contributed by atoms with E-state index in [1.54, 1.807) is 11.3 Å². The van der Waals surface area contributed by atoms with E-state index in [0.29, 0.717) is 0 Å². The zero-order valence-corrected chi connectivity index (χ0v) is 15.1. The molecule has 1 aromatic heterocycles. The highest BCUT2D eigenvalue weighted by Gasteiger charge is 2.18. The van der Waals surface area contributed by atoms with Gasteiger partial charge in [0.1, 0.15) is 5.60 Å². The molecule has 0 saturated carbocycles. The van der Waals surface area contributed by atoms with Crippen LogP contribution in [-0.2, 0) is 11.2 Å². The number of thiophene rings is 1. The molecule has 0 aliphatic carbocycles. The second kappa shape index (κ2) is 6.36. The van der Waals surface area contributed by atoms with Gasteiger partial charge in [0.2, 0.25) is 0 Å². The van der Waals surface area contributed by atoms with Gasteiger partial charge in [-0.3, -0.25) is 0 Å². The van der Waals surface area contributed by atoms with Crippen LogP contribution in [0, 0.1) is 0 Å². The van der Waals surface area contributed by atoms with E-state index in [-0.39, 0.29) is 12.1 Å². The number of benzene rings is 1. The third kappa shape index (κ3) is 4.71. The molecule has 0 bridgehead atoms. The Balaban J connectivity index is 2.03. The number of halogens is 1. The average molecular weight is 370 g/mol. The highest BCUT2D eigenvalue weighted by Crippen LogP contribution is 2.29. The van der Waals surface area contributed by atoms with Gasteiger partial charge in [-0.05, 0) is 68.6 Å². The molecule has 0 fully saturated rings. The molecule has 0 saturated heterocycles. The van der Waals surface area contributed by atoms with Crippen LogP contribution in [0.4, 0.5) is 4.79 Å². The molecule has 1 aromatic carbocycles. The van der Waals surface area contributed by atoms with Crippen LogP contribution in [0.15, 0.2) is 28.1 Å². The lowest BCUT2D eigenvalue weighted by atomic mass is 10.1. The fraction of sp³-hybridized carbons (Fsp3) is 0.438. The molecule has 0 aliphatic heterocycles. The van der Waals surface area contributed by atoms with E-state index in [9.17, 15) is 4.79 Å². The number of alkyl carbamates (subject to hydrolysis) is 1. The number of amides is 1. The second-order valence-corrected chi connectivity index (χ2v) is 7.98. The van der Waals surface area contributed by atoms with Gasteiger partial charge in [0.15, 0.2) is 0 Å². The Morgan fingerprint density at radius 2 is 2.14 bits per heavy atom. The summed E-state index contributed by atoms with van der Waals surface area (Å²) in [6.07, 6.45) is 0.422. The van der Waals surface area contributed by atoms with Gasteiger partial charge >= 0.3 is 6.09 Å². The minimum atomic E-state index is -0.469. The standard InChI is InChI=1S/C16H20BrNO2S/c1-10(18-15(19)20-16(2,3)4)7-11-9-21-14-6-5-12(17)8-13(11)14/h5-6,8-10H,7H2,1-4H3,(H,18,19). The van der Waals surface area contributed by atoms with E-state index in [0.717, 1.165) is 10.9 Å². The number of carbonyl (C=O) groups is 1. The molecule has 1 heterocycles. The van der Waals surface area contributed by atoms with E-state index in [4.69, 9.17) is 4.74 Å². The Hall–Kier alpha value is -1.07. The van der Waals surface area contributed by atoms with E-state index in [1.807, 2.05) is 33.8 Å². The molecule has 1 atom stereocenters. The van der Waals surface area contributed by atoms with Gasteiger partial charge in [-0.2, -0.15) is 0 Å².